The maximum Gasteiger partial charge on any atom is 0.509 e. The van der Waals surface area contributed by atoms with Gasteiger partial charge in [-0.1, -0.05) is 18.5 Å². The van der Waals surface area contributed by atoms with Gasteiger partial charge in [0.15, 0.2) is 5.56 Å². The molecule has 4 atom stereocenters. The molecule has 0 heterocycles. The van der Waals surface area contributed by atoms with Gasteiger partial charge in [0.25, 0.3) is 10.2 Å². The first-order chi connectivity index (χ1) is 10.1. The molecule has 0 aromatic carbocycles. The normalized spacial score (nSPS) is 15.8. The summed E-state index contributed by atoms with van der Waals surface area (Å²) < 4.78 is 9.20. The largest absolute Gasteiger partial charge is 0.509 e. The van der Waals surface area contributed by atoms with Gasteiger partial charge in [-0.3, -0.25) is 0 Å². The molecule has 0 fully saturated rings. The van der Waals surface area contributed by atoms with Crippen LogP contribution in [0.3, 0.4) is 0 Å². The van der Waals surface area contributed by atoms with E-state index in [0.29, 0.717) is 0 Å². The van der Waals surface area contributed by atoms with Gasteiger partial charge >= 0.3 is 6.16 Å². The smallest absolute Gasteiger partial charge is 0.434 e. The predicted octanol–water partition coefficient (Wildman–Crippen LogP) is 1.92. The minimum Gasteiger partial charge on any atom is -0.434 e. The Labute approximate surface area is 130 Å². The van der Waals surface area contributed by atoms with Crippen LogP contribution in [0.2, 0.25) is 0 Å². The van der Waals surface area contributed by atoms with Crippen LogP contribution in [-0.4, -0.2) is 40.7 Å². The highest BCUT2D eigenvalue weighted by Gasteiger charge is 2.30. The zero-order chi connectivity index (χ0) is 17.3. The summed E-state index contributed by atoms with van der Waals surface area (Å²) in [6.45, 7) is 4.08. The second-order valence-corrected chi connectivity index (χ2v) is 4.97. The number of nitrogens with zero attached hydrogens (tertiary/aromatic N) is 2. The number of hydrogen-bond acceptors (Lipinski definition) is 9. The third kappa shape index (κ3) is 9.00. The molecule has 0 spiro atoms. The van der Waals surface area contributed by atoms with Crippen molar-refractivity contribution >= 4 is 17.8 Å². The van der Waals surface area contributed by atoms with Gasteiger partial charge in [-0.05, 0) is 26.2 Å². The van der Waals surface area contributed by atoms with Crippen molar-refractivity contribution in [2.24, 2.45) is 5.92 Å². The van der Waals surface area contributed by atoms with Gasteiger partial charge in [-0.25, -0.2) is 4.79 Å². The zero-order valence-electron chi connectivity index (χ0n) is 12.2. The second-order valence-electron chi connectivity index (χ2n) is 4.35. The lowest BCUT2D eigenvalue weighted by atomic mass is 9.97. The molecule has 128 valence electrons. The Hall–Kier alpha value is -2.04. The predicted molar refractivity (Wildman–Crippen MR) is 70.9 cm³/mol. The van der Waals surface area contributed by atoms with Crippen molar-refractivity contribution in [2.75, 3.05) is 6.61 Å². The summed E-state index contributed by atoms with van der Waals surface area (Å²) in [5.74, 6) is -0.568. The Bertz CT molecular complexity index is 393. The minimum absolute atomic E-state index is 0.133. The van der Waals surface area contributed by atoms with Gasteiger partial charge < -0.3 is 19.1 Å². The fraction of sp³-hybridized carbons (Fsp3) is 0.900. The summed E-state index contributed by atoms with van der Waals surface area (Å²) in [4.78, 5) is 40.5. The standard InChI is InChI=1S/C10H17ClN2O9/c1-6(4-5-19-10(14)20-8(3)11)9(22-13(17)18)7(2)21-12(15)16/h6-9H,4-5H2,1-3H3/t6?,7-,8?,9-/m1/s1. The van der Waals surface area contributed by atoms with Crippen LogP contribution in [0.1, 0.15) is 27.2 Å². The van der Waals surface area contributed by atoms with Crippen LogP contribution in [0.25, 0.3) is 0 Å². The Morgan fingerprint density at radius 3 is 2.14 bits per heavy atom. The number of alkyl halides is 1. The summed E-state index contributed by atoms with van der Waals surface area (Å²) in [5, 5.41) is 18.6. The van der Waals surface area contributed by atoms with E-state index in [1.807, 2.05) is 0 Å². The van der Waals surface area contributed by atoms with Crippen molar-refractivity contribution in [2.45, 2.75) is 45.0 Å². The van der Waals surface area contributed by atoms with E-state index in [9.17, 15) is 25.0 Å². The molecule has 0 amide bonds. The number of carbonyl (C=O) groups is 1. The van der Waals surface area contributed by atoms with Crippen LogP contribution >= 0.6 is 11.6 Å². The summed E-state index contributed by atoms with van der Waals surface area (Å²) in [7, 11) is 0. The number of halogens is 1. The average molecular weight is 345 g/mol. The maximum absolute atomic E-state index is 11.1. The van der Waals surface area contributed by atoms with Crippen LogP contribution in [0.15, 0.2) is 0 Å². The number of rotatable bonds is 10. The molecule has 0 radical (unpaired) electrons. The Kier molecular flexibility index (Phi) is 8.91. The van der Waals surface area contributed by atoms with Crippen LogP contribution in [0.4, 0.5) is 4.79 Å². The lowest BCUT2D eigenvalue weighted by Gasteiger charge is -2.25. The van der Waals surface area contributed by atoms with Crippen molar-refractivity contribution in [3.8, 4) is 0 Å². The molecule has 0 aliphatic heterocycles. The molecule has 12 heteroatoms. The first kappa shape index (κ1) is 20.0. The van der Waals surface area contributed by atoms with Gasteiger partial charge in [-0.2, -0.15) is 0 Å². The highest BCUT2D eigenvalue weighted by Crippen LogP contribution is 2.18. The number of carbonyl (C=O) groups excluding carboxylic acids is 1. The summed E-state index contributed by atoms with van der Waals surface area (Å²) in [6.07, 6.45) is -3.23. The molecular weight excluding hydrogens is 328 g/mol. The Balaban J connectivity index is 4.44. The Morgan fingerprint density at radius 1 is 1.14 bits per heavy atom. The van der Waals surface area contributed by atoms with Crippen LogP contribution in [0, 0.1) is 26.1 Å². The lowest BCUT2D eigenvalue weighted by Crippen LogP contribution is -2.38. The molecule has 0 saturated heterocycles. The SMILES string of the molecule is CC(Cl)OC(=O)OCCC(C)[C@@H](O[N+](=O)[O-])[C@@H](C)O[N+](=O)[O-]. The molecule has 0 aromatic rings. The first-order valence-electron chi connectivity index (χ1n) is 6.23. The summed E-state index contributed by atoms with van der Waals surface area (Å²) >= 11 is 5.41. The van der Waals surface area contributed by atoms with Gasteiger partial charge in [0.05, 0.1) is 6.61 Å². The van der Waals surface area contributed by atoms with E-state index in [-0.39, 0.29) is 13.0 Å². The topological polar surface area (TPSA) is 140 Å². The number of hydrogen-bond donors (Lipinski definition) is 0. The van der Waals surface area contributed by atoms with Crippen LogP contribution in [-0.2, 0) is 19.1 Å². The van der Waals surface area contributed by atoms with Crippen molar-refractivity contribution in [1.82, 2.24) is 0 Å². The second kappa shape index (κ2) is 9.82. The van der Waals surface area contributed by atoms with Crippen LogP contribution in [0.5, 0.6) is 0 Å². The van der Waals surface area contributed by atoms with Crippen LogP contribution < -0.4 is 0 Å². The molecule has 0 saturated carbocycles. The van der Waals surface area contributed by atoms with Crippen molar-refractivity contribution < 1.29 is 34.1 Å². The highest BCUT2D eigenvalue weighted by molar-refractivity contribution is 6.19. The third-order valence-corrected chi connectivity index (χ3v) is 2.62. The van der Waals surface area contributed by atoms with Crippen molar-refractivity contribution in [1.29, 1.82) is 0 Å². The van der Waals surface area contributed by atoms with Gasteiger partial charge in [-0.15, -0.1) is 20.2 Å². The molecular formula is C10H17ClN2O9. The van der Waals surface area contributed by atoms with Gasteiger partial charge in [0.1, 0.15) is 12.2 Å². The zero-order valence-corrected chi connectivity index (χ0v) is 12.9. The fourth-order valence-corrected chi connectivity index (χ4v) is 1.68. The molecule has 2 unspecified atom stereocenters. The number of ether oxygens (including phenoxy) is 2. The lowest BCUT2D eigenvalue weighted by molar-refractivity contribution is -0.799. The van der Waals surface area contributed by atoms with E-state index >= 15 is 0 Å². The highest BCUT2D eigenvalue weighted by atomic mass is 35.5. The van der Waals surface area contributed by atoms with E-state index in [1.165, 1.54) is 20.8 Å². The monoisotopic (exact) mass is 344 g/mol. The van der Waals surface area contributed by atoms with E-state index in [2.05, 4.69) is 14.4 Å². The van der Waals surface area contributed by atoms with Gasteiger partial charge in [0.2, 0.25) is 0 Å². The molecule has 0 aliphatic rings. The van der Waals surface area contributed by atoms with E-state index in [0.717, 1.165) is 0 Å². The average Bonchev–Trinajstić information content (AvgIpc) is 2.33. The molecule has 0 bridgehead atoms. The van der Waals surface area contributed by atoms with Crippen molar-refractivity contribution in [3.05, 3.63) is 20.2 Å². The minimum atomic E-state index is -1.20. The summed E-state index contributed by atoms with van der Waals surface area (Å²) in [5.41, 5.74) is -0.857. The van der Waals surface area contributed by atoms with E-state index in [4.69, 9.17) is 16.3 Å². The fourth-order valence-electron chi connectivity index (χ4n) is 1.61. The van der Waals surface area contributed by atoms with Gasteiger partial charge in [0, 0.05) is 0 Å². The third-order valence-electron chi connectivity index (χ3n) is 2.54. The maximum atomic E-state index is 11.1. The molecule has 11 nitrogen and oxygen atoms in total. The van der Waals surface area contributed by atoms with Crippen molar-refractivity contribution in [3.63, 3.8) is 0 Å². The van der Waals surface area contributed by atoms with E-state index in [1.54, 1.807) is 0 Å². The molecule has 0 aliphatic carbocycles. The first-order valence-corrected chi connectivity index (χ1v) is 6.67. The summed E-state index contributed by atoms with van der Waals surface area (Å²) in [6, 6.07) is 0. The molecule has 0 rings (SSSR count). The van der Waals surface area contributed by atoms with E-state index < -0.39 is 40.0 Å². The molecule has 0 aromatic heterocycles. The molecule has 22 heavy (non-hydrogen) atoms. The molecule has 0 N–H and O–H groups in total. The Morgan fingerprint density at radius 2 is 1.68 bits per heavy atom. The quantitative estimate of drug-likeness (QED) is 0.251.